The van der Waals surface area contributed by atoms with Gasteiger partial charge in [0.1, 0.15) is 6.10 Å². The summed E-state index contributed by atoms with van der Waals surface area (Å²) < 4.78 is 5.69. The highest BCUT2D eigenvalue weighted by Gasteiger charge is 2.67. The molecule has 0 aromatic heterocycles. The summed E-state index contributed by atoms with van der Waals surface area (Å²) in [4.78, 5) is 11.4. The third kappa shape index (κ3) is 1.64. The van der Waals surface area contributed by atoms with Crippen molar-refractivity contribution in [2.75, 3.05) is 0 Å². The largest absolute Gasteiger partial charge is 0.462 e. The number of fused-ring (bicyclic) bond motifs is 1. The Labute approximate surface area is 117 Å². The van der Waals surface area contributed by atoms with Crippen LogP contribution < -0.4 is 0 Å². The third-order valence-electron chi connectivity index (χ3n) is 7.14. The van der Waals surface area contributed by atoms with Gasteiger partial charge in [-0.3, -0.25) is 4.79 Å². The van der Waals surface area contributed by atoms with Crippen molar-refractivity contribution < 1.29 is 9.53 Å². The fourth-order valence-electron chi connectivity index (χ4n) is 6.19. The summed E-state index contributed by atoms with van der Waals surface area (Å²) in [5, 5.41) is 0. The van der Waals surface area contributed by atoms with Crippen molar-refractivity contribution in [1.82, 2.24) is 0 Å². The minimum Gasteiger partial charge on any atom is -0.462 e. The number of hydrogen-bond acceptors (Lipinski definition) is 2. The Balaban J connectivity index is 1.97. The average molecular weight is 264 g/mol. The highest BCUT2D eigenvalue weighted by atomic mass is 16.5. The summed E-state index contributed by atoms with van der Waals surface area (Å²) in [6.07, 6.45) is 5.37. The molecule has 2 nitrogen and oxygen atoms in total. The first-order chi connectivity index (χ1) is 8.79. The Hall–Kier alpha value is -0.530. The Kier molecular flexibility index (Phi) is 2.82. The number of rotatable bonds is 1. The second-order valence-electron chi connectivity index (χ2n) is 8.11. The maximum Gasteiger partial charge on any atom is 0.302 e. The van der Waals surface area contributed by atoms with E-state index in [-0.39, 0.29) is 12.1 Å². The molecule has 0 unspecified atom stereocenters. The van der Waals surface area contributed by atoms with E-state index in [0.717, 1.165) is 24.2 Å². The summed E-state index contributed by atoms with van der Waals surface area (Å²) in [6.45, 7) is 11.2. The highest BCUT2D eigenvalue weighted by Crippen LogP contribution is 2.72. The Morgan fingerprint density at radius 2 is 1.84 bits per heavy atom. The summed E-state index contributed by atoms with van der Waals surface area (Å²) in [5.74, 6) is 2.77. The van der Waals surface area contributed by atoms with Gasteiger partial charge in [0.25, 0.3) is 0 Å². The van der Waals surface area contributed by atoms with Crippen LogP contribution in [0.5, 0.6) is 0 Å². The van der Waals surface area contributed by atoms with Crippen LogP contribution in [-0.2, 0) is 9.53 Å². The Morgan fingerprint density at radius 3 is 2.47 bits per heavy atom. The van der Waals surface area contributed by atoms with E-state index < -0.39 is 0 Å². The van der Waals surface area contributed by atoms with Gasteiger partial charge < -0.3 is 4.74 Å². The van der Waals surface area contributed by atoms with Gasteiger partial charge >= 0.3 is 5.97 Å². The number of ether oxygens (including phenoxy) is 1. The Bertz CT molecular complexity index is 400. The normalized spacial score (nSPS) is 50.9. The zero-order chi connectivity index (χ0) is 14.0. The predicted molar refractivity (Wildman–Crippen MR) is 75.5 cm³/mol. The Morgan fingerprint density at radius 1 is 1.16 bits per heavy atom. The molecule has 0 saturated heterocycles. The molecule has 3 fully saturated rings. The molecule has 3 aliphatic carbocycles. The fourth-order valence-corrected chi connectivity index (χ4v) is 6.19. The summed E-state index contributed by atoms with van der Waals surface area (Å²) in [5.41, 5.74) is 0.875. The number of hydrogen-bond donors (Lipinski definition) is 0. The first kappa shape index (κ1) is 13.5. The van der Waals surface area contributed by atoms with Gasteiger partial charge in [-0.15, -0.1) is 0 Å². The molecule has 2 bridgehead atoms. The SMILES string of the molecule is CC(=O)O[C@H]1C[C@@]23C[C@H]([C@H]1C)C(C)(C)[C@@H]2CC[C@H]3C. The van der Waals surface area contributed by atoms with Gasteiger partial charge in [-0.05, 0) is 60.2 Å². The van der Waals surface area contributed by atoms with Gasteiger partial charge in [-0.25, -0.2) is 0 Å². The van der Waals surface area contributed by atoms with Crippen molar-refractivity contribution in [3.05, 3.63) is 0 Å². The zero-order valence-corrected chi connectivity index (χ0v) is 13.0. The molecule has 108 valence electrons. The zero-order valence-electron chi connectivity index (χ0n) is 13.0. The van der Waals surface area contributed by atoms with Crippen LogP contribution >= 0.6 is 0 Å². The molecule has 0 amide bonds. The first-order valence-corrected chi connectivity index (χ1v) is 7.96. The number of carbonyl (C=O) groups is 1. The molecule has 6 atom stereocenters. The van der Waals surface area contributed by atoms with Gasteiger partial charge in [-0.2, -0.15) is 0 Å². The van der Waals surface area contributed by atoms with Crippen LogP contribution in [0.4, 0.5) is 0 Å². The third-order valence-corrected chi connectivity index (χ3v) is 7.14. The smallest absolute Gasteiger partial charge is 0.302 e. The minimum atomic E-state index is -0.102. The predicted octanol–water partition coefficient (Wildman–Crippen LogP) is 4.04. The average Bonchev–Trinajstić information content (AvgIpc) is 2.70. The molecule has 0 radical (unpaired) electrons. The molecule has 1 spiro atoms. The highest BCUT2D eigenvalue weighted by molar-refractivity contribution is 5.66. The molecule has 0 aromatic rings. The molecule has 0 aromatic carbocycles. The van der Waals surface area contributed by atoms with E-state index in [4.69, 9.17) is 4.74 Å². The lowest BCUT2D eigenvalue weighted by Gasteiger charge is -2.43. The lowest BCUT2D eigenvalue weighted by Crippen LogP contribution is -2.41. The second-order valence-corrected chi connectivity index (χ2v) is 8.11. The molecule has 2 heteroatoms. The van der Waals surface area contributed by atoms with Gasteiger partial charge in [-0.1, -0.05) is 27.7 Å². The van der Waals surface area contributed by atoms with Crippen LogP contribution in [0.25, 0.3) is 0 Å². The van der Waals surface area contributed by atoms with Crippen LogP contribution in [0.2, 0.25) is 0 Å². The van der Waals surface area contributed by atoms with Crippen molar-refractivity contribution in [2.24, 2.45) is 34.5 Å². The monoisotopic (exact) mass is 264 g/mol. The molecule has 3 saturated carbocycles. The van der Waals surface area contributed by atoms with Crippen LogP contribution in [-0.4, -0.2) is 12.1 Å². The number of carbonyl (C=O) groups excluding carboxylic acids is 1. The number of esters is 1. The van der Waals surface area contributed by atoms with Crippen LogP contribution in [0.3, 0.4) is 0 Å². The van der Waals surface area contributed by atoms with Gasteiger partial charge in [0.05, 0.1) is 0 Å². The van der Waals surface area contributed by atoms with E-state index in [9.17, 15) is 4.79 Å². The first-order valence-electron chi connectivity index (χ1n) is 7.96. The van der Waals surface area contributed by atoms with E-state index in [1.807, 2.05) is 0 Å². The van der Waals surface area contributed by atoms with E-state index in [2.05, 4.69) is 27.7 Å². The second kappa shape index (κ2) is 3.99. The molecular weight excluding hydrogens is 236 g/mol. The summed E-state index contributed by atoms with van der Waals surface area (Å²) in [6, 6.07) is 0. The molecule has 3 rings (SSSR count). The summed E-state index contributed by atoms with van der Waals surface area (Å²) >= 11 is 0. The molecule has 0 heterocycles. The maximum atomic E-state index is 11.4. The van der Waals surface area contributed by atoms with Gasteiger partial charge in [0.2, 0.25) is 0 Å². The van der Waals surface area contributed by atoms with Crippen molar-refractivity contribution in [2.45, 2.75) is 66.4 Å². The summed E-state index contributed by atoms with van der Waals surface area (Å²) in [7, 11) is 0. The van der Waals surface area contributed by atoms with Gasteiger partial charge in [0.15, 0.2) is 0 Å². The minimum absolute atomic E-state index is 0.102. The molecule has 19 heavy (non-hydrogen) atoms. The lowest BCUT2D eigenvalue weighted by molar-refractivity contribution is -0.155. The lowest BCUT2D eigenvalue weighted by atomic mass is 9.64. The topological polar surface area (TPSA) is 26.3 Å². The molecule has 0 N–H and O–H groups in total. The van der Waals surface area contributed by atoms with E-state index >= 15 is 0 Å². The molecular formula is C17H28O2. The standard InChI is InChI=1S/C17H28O2/c1-10-6-7-15-16(4,5)13-8-17(10,15)9-14(11(13)2)19-12(3)18/h10-11,13-15H,6-9H2,1-5H3/t10-,11-,13-,14+,15+,17-/m1/s1. The maximum absolute atomic E-state index is 11.4. The van der Waals surface area contributed by atoms with Crippen molar-refractivity contribution in [1.29, 1.82) is 0 Å². The molecule has 3 aliphatic rings. The fraction of sp³-hybridized carbons (Fsp3) is 0.941. The van der Waals surface area contributed by atoms with E-state index in [1.165, 1.54) is 19.3 Å². The van der Waals surface area contributed by atoms with Crippen LogP contribution in [0.15, 0.2) is 0 Å². The van der Waals surface area contributed by atoms with Crippen molar-refractivity contribution in [3.8, 4) is 0 Å². The van der Waals surface area contributed by atoms with Gasteiger partial charge in [0, 0.05) is 6.92 Å². The van der Waals surface area contributed by atoms with Crippen LogP contribution in [0, 0.1) is 34.5 Å². The van der Waals surface area contributed by atoms with Crippen molar-refractivity contribution in [3.63, 3.8) is 0 Å². The molecule has 0 aliphatic heterocycles. The van der Waals surface area contributed by atoms with Crippen LogP contribution in [0.1, 0.15) is 60.3 Å². The van der Waals surface area contributed by atoms with Crippen molar-refractivity contribution >= 4 is 5.97 Å². The quantitative estimate of drug-likeness (QED) is 0.668. The van der Waals surface area contributed by atoms with E-state index in [0.29, 0.717) is 16.7 Å². The van der Waals surface area contributed by atoms with E-state index in [1.54, 1.807) is 6.92 Å².